The van der Waals surface area contributed by atoms with E-state index in [1.807, 2.05) is 4.57 Å². The summed E-state index contributed by atoms with van der Waals surface area (Å²) >= 11 is 0. The van der Waals surface area contributed by atoms with Gasteiger partial charge in [-0.15, -0.1) is 0 Å². The van der Waals surface area contributed by atoms with Gasteiger partial charge in [-0.3, -0.25) is 4.79 Å². The number of nitrogens with zero attached hydrogens (tertiary/aromatic N) is 4. The van der Waals surface area contributed by atoms with Gasteiger partial charge in [0.1, 0.15) is 0 Å². The van der Waals surface area contributed by atoms with E-state index in [-0.39, 0.29) is 12.3 Å². The van der Waals surface area contributed by atoms with Crippen LogP contribution in [0.2, 0.25) is 0 Å². The van der Waals surface area contributed by atoms with E-state index in [2.05, 4.69) is 15.4 Å². The third kappa shape index (κ3) is 4.41. The van der Waals surface area contributed by atoms with Gasteiger partial charge in [0.15, 0.2) is 0 Å². The number of benzene rings is 1. The molecular formula is C19H20F3N5O. The molecule has 0 aliphatic heterocycles. The maximum absolute atomic E-state index is 13.0. The van der Waals surface area contributed by atoms with Crippen LogP contribution in [0.1, 0.15) is 22.5 Å². The Morgan fingerprint density at radius 1 is 1.25 bits per heavy atom. The van der Waals surface area contributed by atoms with Gasteiger partial charge in [0.25, 0.3) is 0 Å². The summed E-state index contributed by atoms with van der Waals surface area (Å²) in [6.07, 6.45) is 0.820. The van der Waals surface area contributed by atoms with Gasteiger partial charge < -0.3 is 9.88 Å². The Kier molecular flexibility index (Phi) is 5.53. The van der Waals surface area contributed by atoms with Gasteiger partial charge in [-0.1, -0.05) is 6.07 Å². The molecular weight excluding hydrogens is 371 g/mol. The molecule has 0 aliphatic rings. The van der Waals surface area contributed by atoms with Gasteiger partial charge in [-0.25, -0.2) is 9.67 Å². The van der Waals surface area contributed by atoms with Crippen LogP contribution in [0.3, 0.4) is 0 Å². The average Bonchev–Trinajstić information content (AvgIpc) is 3.25. The second-order valence-electron chi connectivity index (χ2n) is 6.44. The predicted molar refractivity (Wildman–Crippen MR) is 97.0 cm³/mol. The summed E-state index contributed by atoms with van der Waals surface area (Å²) in [6.45, 7) is 4.54. The molecule has 1 aromatic carbocycles. The molecule has 0 radical (unpaired) electrons. The van der Waals surface area contributed by atoms with Crippen molar-refractivity contribution < 1.29 is 18.0 Å². The highest BCUT2D eigenvalue weighted by Gasteiger charge is 2.30. The smallest absolute Gasteiger partial charge is 0.354 e. The predicted octanol–water partition coefficient (Wildman–Crippen LogP) is 3.06. The number of nitrogens with one attached hydrogen (secondary N) is 1. The van der Waals surface area contributed by atoms with Crippen LogP contribution in [-0.2, 0) is 23.9 Å². The van der Waals surface area contributed by atoms with Gasteiger partial charge in [-0.05, 0) is 32.0 Å². The first kappa shape index (κ1) is 19.7. The molecule has 0 fully saturated rings. The molecule has 1 N–H and O–H groups in total. The lowest BCUT2D eigenvalue weighted by atomic mass is 10.1. The first-order chi connectivity index (χ1) is 13.3. The summed E-state index contributed by atoms with van der Waals surface area (Å²) in [5.74, 6) is -0.171. The molecule has 28 heavy (non-hydrogen) atoms. The Bertz CT molecular complexity index is 961. The van der Waals surface area contributed by atoms with Gasteiger partial charge in [0.2, 0.25) is 5.91 Å². The molecule has 1 amide bonds. The third-order valence-electron chi connectivity index (χ3n) is 4.45. The summed E-state index contributed by atoms with van der Waals surface area (Å²) in [5, 5.41) is 7.16. The molecule has 3 aromatic rings. The first-order valence-corrected chi connectivity index (χ1v) is 8.71. The second-order valence-corrected chi connectivity index (χ2v) is 6.44. The zero-order chi connectivity index (χ0) is 20.3. The number of rotatable bonds is 6. The minimum atomic E-state index is -4.43. The number of carbonyl (C=O) groups is 1. The Hall–Kier alpha value is -3.10. The number of aromatic nitrogens is 4. The van der Waals surface area contributed by atoms with Crippen molar-refractivity contribution in [1.82, 2.24) is 24.6 Å². The molecule has 6 nitrogen and oxygen atoms in total. The Morgan fingerprint density at radius 2 is 2.04 bits per heavy atom. The van der Waals surface area contributed by atoms with Crippen molar-refractivity contribution >= 4 is 5.91 Å². The van der Waals surface area contributed by atoms with Crippen LogP contribution in [0.25, 0.3) is 5.69 Å². The van der Waals surface area contributed by atoms with E-state index in [4.69, 9.17) is 0 Å². The van der Waals surface area contributed by atoms with E-state index < -0.39 is 11.7 Å². The summed E-state index contributed by atoms with van der Waals surface area (Å²) in [4.78, 5) is 16.2. The summed E-state index contributed by atoms with van der Waals surface area (Å²) in [6, 6.07) is 4.97. The SMILES string of the molecule is Cc1nn(-c2cccc(C(F)(F)F)c2)c(C)c1CC(=O)NCCn1ccnc1. The number of aryl methyl sites for hydroxylation is 1. The Balaban J connectivity index is 1.72. The number of hydrogen-bond acceptors (Lipinski definition) is 3. The van der Waals surface area contributed by atoms with Crippen LogP contribution in [0.4, 0.5) is 13.2 Å². The average molecular weight is 391 g/mol. The van der Waals surface area contributed by atoms with Crippen LogP contribution < -0.4 is 5.32 Å². The summed E-state index contributed by atoms with van der Waals surface area (Å²) in [5.41, 5.74) is 1.53. The van der Waals surface area contributed by atoms with E-state index in [0.717, 1.165) is 12.1 Å². The molecule has 2 heterocycles. The van der Waals surface area contributed by atoms with Gasteiger partial charge in [0, 0.05) is 36.7 Å². The van der Waals surface area contributed by atoms with Crippen molar-refractivity contribution in [2.24, 2.45) is 0 Å². The lowest BCUT2D eigenvalue weighted by Gasteiger charge is -2.10. The number of halogens is 3. The van der Waals surface area contributed by atoms with Crippen LogP contribution in [0.5, 0.6) is 0 Å². The molecule has 0 spiro atoms. The van der Waals surface area contributed by atoms with Crippen molar-refractivity contribution in [2.45, 2.75) is 33.0 Å². The summed E-state index contributed by atoms with van der Waals surface area (Å²) in [7, 11) is 0. The zero-order valence-electron chi connectivity index (χ0n) is 15.5. The summed E-state index contributed by atoms with van der Waals surface area (Å²) < 4.78 is 42.2. The molecule has 0 saturated heterocycles. The quantitative estimate of drug-likeness (QED) is 0.702. The normalized spacial score (nSPS) is 11.6. The van der Waals surface area contributed by atoms with Crippen LogP contribution in [0, 0.1) is 13.8 Å². The highest BCUT2D eigenvalue weighted by molar-refractivity contribution is 5.79. The van der Waals surface area contributed by atoms with E-state index in [9.17, 15) is 18.0 Å². The molecule has 0 aliphatic carbocycles. The maximum Gasteiger partial charge on any atom is 0.416 e. The third-order valence-corrected chi connectivity index (χ3v) is 4.45. The monoisotopic (exact) mass is 391 g/mol. The topological polar surface area (TPSA) is 64.7 Å². The fourth-order valence-corrected chi connectivity index (χ4v) is 2.96. The van der Waals surface area contributed by atoms with E-state index >= 15 is 0 Å². The lowest BCUT2D eigenvalue weighted by molar-refractivity contribution is -0.137. The van der Waals surface area contributed by atoms with Crippen molar-refractivity contribution in [1.29, 1.82) is 0 Å². The van der Waals surface area contributed by atoms with Gasteiger partial charge >= 0.3 is 6.18 Å². The molecule has 9 heteroatoms. The van der Waals surface area contributed by atoms with Crippen LogP contribution >= 0.6 is 0 Å². The molecule has 2 aromatic heterocycles. The van der Waals surface area contributed by atoms with Crippen LogP contribution in [0.15, 0.2) is 43.0 Å². The molecule has 0 bridgehead atoms. The highest BCUT2D eigenvalue weighted by Crippen LogP contribution is 2.30. The van der Waals surface area contributed by atoms with E-state index in [0.29, 0.717) is 35.7 Å². The fourth-order valence-electron chi connectivity index (χ4n) is 2.96. The molecule has 3 rings (SSSR count). The standard InChI is InChI=1S/C19H20F3N5O/c1-13-17(11-18(28)24-7-9-26-8-6-23-12-26)14(2)27(25-13)16-5-3-4-15(10-16)19(20,21)22/h3-6,8,10,12H,7,9,11H2,1-2H3,(H,24,28). The minimum Gasteiger partial charge on any atom is -0.354 e. The van der Waals surface area contributed by atoms with Gasteiger partial charge in [0.05, 0.1) is 29.7 Å². The number of carbonyl (C=O) groups excluding carboxylic acids is 1. The molecule has 0 unspecified atom stereocenters. The van der Waals surface area contributed by atoms with Crippen molar-refractivity contribution in [3.8, 4) is 5.69 Å². The lowest BCUT2D eigenvalue weighted by Crippen LogP contribution is -2.28. The van der Waals surface area contributed by atoms with Gasteiger partial charge in [-0.2, -0.15) is 18.3 Å². The molecule has 148 valence electrons. The van der Waals surface area contributed by atoms with E-state index in [1.165, 1.54) is 10.7 Å². The number of hydrogen-bond donors (Lipinski definition) is 1. The Labute approximate surface area is 160 Å². The fraction of sp³-hybridized carbons (Fsp3) is 0.316. The number of alkyl halides is 3. The minimum absolute atomic E-state index is 0.112. The largest absolute Gasteiger partial charge is 0.416 e. The van der Waals surface area contributed by atoms with Crippen molar-refractivity contribution in [2.75, 3.05) is 6.54 Å². The molecule has 0 atom stereocenters. The van der Waals surface area contributed by atoms with Crippen molar-refractivity contribution in [3.05, 3.63) is 65.5 Å². The maximum atomic E-state index is 13.0. The second kappa shape index (κ2) is 7.87. The first-order valence-electron chi connectivity index (χ1n) is 8.71. The van der Waals surface area contributed by atoms with Crippen LogP contribution in [-0.4, -0.2) is 31.8 Å². The van der Waals surface area contributed by atoms with Crippen molar-refractivity contribution in [3.63, 3.8) is 0 Å². The highest BCUT2D eigenvalue weighted by atomic mass is 19.4. The number of amides is 1. The zero-order valence-corrected chi connectivity index (χ0v) is 15.5. The molecule has 0 saturated carbocycles. The Morgan fingerprint density at radius 3 is 2.71 bits per heavy atom. The number of imidazole rings is 1. The van der Waals surface area contributed by atoms with E-state index in [1.54, 1.807) is 38.6 Å².